The molecule has 2 unspecified atom stereocenters. The Hall–Kier alpha value is -1.39. The first kappa shape index (κ1) is 57.6. The van der Waals surface area contributed by atoms with Gasteiger partial charge >= 0.3 is 0 Å². The summed E-state index contributed by atoms with van der Waals surface area (Å²) in [6, 6.07) is -0.622. The third kappa shape index (κ3) is 47.5. The highest BCUT2D eigenvalue weighted by Gasteiger charge is 2.18. The van der Waals surface area contributed by atoms with E-state index in [0.717, 1.165) is 32.1 Å². The maximum absolute atomic E-state index is 12.5. The van der Waals surface area contributed by atoms with E-state index in [4.69, 9.17) is 0 Å². The molecule has 0 rings (SSSR count). The monoisotopic (exact) mass is 828 g/mol. The van der Waals surface area contributed by atoms with Gasteiger partial charge in [-0.1, -0.05) is 269 Å². The summed E-state index contributed by atoms with van der Waals surface area (Å²) in [7, 11) is 0. The van der Waals surface area contributed by atoms with E-state index in [1.165, 1.54) is 238 Å². The van der Waals surface area contributed by atoms with Crippen molar-refractivity contribution in [2.24, 2.45) is 0 Å². The van der Waals surface area contributed by atoms with Gasteiger partial charge in [-0.25, -0.2) is 0 Å². The summed E-state index contributed by atoms with van der Waals surface area (Å²) >= 11 is 0. The Labute approximate surface area is 370 Å². The van der Waals surface area contributed by atoms with Crippen LogP contribution < -0.4 is 5.32 Å². The molecular formula is C55H105NO3. The zero-order valence-corrected chi connectivity index (χ0v) is 40.0. The van der Waals surface area contributed by atoms with Gasteiger partial charge in [0.05, 0.1) is 18.8 Å². The van der Waals surface area contributed by atoms with Gasteiger partial charge in [0, 0.05) is 6.42 Å². The number of carbonyl (C=O) groups excluding carboxylic acids is 1. The summed E-state index contributed by atoms with van der Waals surface area (Å²) in [6.07, 6.45) is 68.6. The molecule has 0 aliphatic heterocycles. The molecule has 0 radical (unpaired) electrons. The molecule has 0 heterocycles. The highest BCUT2D eigenvalue weighted by Crippen LogP contribution is 2.17. The lowest BCUT2D eigenvalue weighted by molar-refractivity contribution is -0.123. The molecular weight excluding hydrogens is 723 g/mol. The molecule has 3 N–H and O–H groups in total. The Morgan fingerprint density at radius 2 is 0.695 bits per heavy atom. The van der Waals surface area contributed by atoms with Crippen molar-refractivity contribution in [2.75, 3.05) is 6.61 Å². The predicted molar refractivity (Wildman–Crippen MR) is 262 cm³/mol. The number of aliphatic hydroxyl groups excluding tert-OH is 2. The summed E-state index contributed by atoms with van der Waals surface area (Å²) in [5.74, 6) is -0.0615. The molecule has 0 fully saturated rings. The van der Waals surface area contributed by atoms with E-state index in [1.54, 1.807) is 6.08 Å². The van der Waals surface area contributed by atoms with Gasteiger partial charge in [0.15, 0.2) is 0 Å². The Balaban J connectivity index is 3.50. The highest BCUT2D eigenvalue weighted by molar-refractivity contribution is 5.76. The molecule has 0 bridgehead atoms. The average molecular weight is 828 g/mol. The van der Waals surface area contributed by atoms with Crippen molar-refractivity contribution in [2.45, 2.75) is 302 Å². The van der Waals surface area contributed by atoms with Gasteiger partial charge < -0.3 is 15.5 Å². The summed E-state index contributed by atoms with van der Waals surface area (Å²) < 4.78 is 0. The van der Waals surface area contributed by atoms with Crippen molar-refractivity contribution in [3.63, 3.8) is 0 Å². The lowest BCUT2D eigenvalue weighted by Crippen LogP contribution is -2.45. The molecule has 1 amide bonds. The molecule has 0 saturated carbocycles. The number of allylic oxidation sites excluding steroid dienone is 5. The third-order valence-corrected chi connectivity index (χ3v) is 12.4. The van der Waals surface area contributed by atoms with Gasteiger partial charge in [0.25, 0.3) is 0 Å². The first-order chi connectivity index (χ1) is 29.2. The normalized spacial score (nSPS) is 13.1. The summed E-state index contributed by atoms with van der Waals surface area (Å²) in [5.41, 5.74) is 0. The van der Waals surface area contributed by atoms with Crippen LogP contribution in [0.1, 0.15) is 290 Å². The minimum absolute atomic E-state index is 0.0615. The Morgan fingerprint density at radius 1 is 0.407 bits per heavy atom. The second-order valence-electron chi connectivity index (χ2n) is 18.3. The molecule has 0 spiro atoms. The number of hydrogen-bond donors (Lipinski definition) is 3. The quantitative estimate of drug-likeness (QED) is 0.0423. The first-order valence-corrected chi connectivity index (χ1v) is 26.7. The Kier molecular flexibility index (Phi) is 49.8. The van der Waals surface area contributed by atoms with Crippen LogP contribution in [-0.2, 0) is 4.79 Å². The van der Waals surface area contributed by atoms with Gasteiger partial charge in [-0.3, -0.25) is 4.79 Å². The van der Waals surface area contributed by atoms with Crippen LogP contribution in [-0.4, -0.2) is 34.9 Å². The number of nitrogens with one attached hydrogen (secondary N) is 1. The molecule has 348 valence electrons. The molecule has 0 aromatic rings. The van der Waals surface area contributed by atoms with Crippen molar-refractivity contribution in [3.8, 4) is 0 Å². The van der Waals surface area contributed by atoms with Crippen molar-refractivity contribution >= 4 is 5.91 Å². The molecule has 0 saturated heterocycles. The molecule has 2 atom stereocenters. The molecule has 0 aliphatic rings. The van der Waals surface area contributed by atoms with Crippen LogP contribution in [0, 0.1) is 0 Å². The van der Waals surface area contributed by atoms with Crippen LogP contribution in [0.4, 0.5) is 0 Å². The lowest BCUT2D eigenvalue weighted by atomic mass is 10.0. The van der Waals surface area contributed by atoms with Crippen LogP contribution >= 0.6 is 0 Å². The SMILES string of the molecule is CCCCCCC/C=C\C/C=C\CCCCCCCCCCCCCCCC(=O)NC(CO)C(O)/C=C/CCCCCCCCCCCCCCCCCCCCCC. The average Bonchev–Trinajstić information content (AvgIpc) is 3.24. The topological polar surface area (TPSA) is 69.6 Å². The summed E-state index contributed by atoms with van der Waals surface area (Å²) in [6.45, 7) is 4.33. The zero-order chi connectivity index (χ0) is 42.8. The van der Waals surface area contributed by atoms with Gasteiger partial charge in [-0.2, -0.15) is 0 Å². The van der Waals surface area contributed by atoms with E-state index in [0.29, 0.717) is 6.42 Å². The largest absolute Gasteiger partial charge is 0.394 e. The van der Waals surface area contributed by atoms with Crippen LogP contribution in [0.3, 0.4) is 0 Å². The standard InChI is InChI=1S/C55H105NO3/c1-3-5-7-9-11-13-15-17-19-21-23-25-27-28-29-31-33-35-37-39-41-43-45-47-49-51-55(59)56-53(52-57)54(58)50-48-46-44-42-40-38-36-34-32-30-26-24-22-20-18-16-14-12-10-8-6-4-2/h15,17,21,23,48,50,53-54,57-58H,3-14,16,18-20,22,24-47,49,51-52H2,1-2H3,(H,56,59)/b17-15-,23-21-,50-48+. The number of aliphatic hydroxyl groups is 2. The smallest absolute Gasteiger partial charge is 0.220 e. The summed E-state index contributed by atoms with van der Waals surface area (Å²) in [5, 5.41) is 23.2. The summed E-state index contributed by atoms with van der Waals surface area (Å²) in [4.78, 5) is 12.5. The molecule has 0 aliphatic carbocycles. The van der Waals surface area contributed by atoms with E-state index in [9.17, 15) is 15.0 Å². The van der Waals surface area contributed by atoms with E-state index < -0.39 is 12.1 Å². The Morgan fingerprint density at radius 3 is 1.02 bits per heavy atom. The minimum atomic E-state index is -0.839. The zero-order valence-electron chi connectivity index (χ0n) is 40.0. The molecule has 4 nitrogen and oxygen atoms in total. The van der Waals surface area contributed by atoms with E-state index >= 15 is 0 Å². The predicted octanol–water partition coefficient (Wildman–Crippen LogP) is 17.3. The van der Waals surface area contributed by atoms with Crippen molar-refractivity contribution in [1.29, 1.82) is 0 Å². The molecule has 0 aromatic carbocycles. The van der Waals surface area contributed by atoms with E-state index in [2.05, 4.69) is 43.5 Å². The van der Waals surface area contributed by atoms with Gasteiger partial charge in [-0.15, -0.1) is 0 Å². The Bertz CT molecular complexity index is 897. The maximum Gasteiger partial charge on any atom is 0.220 e. The fourth-order valence-corrected chi connectivity index (χ4v) is 8.27. The lowest BCUT2D eigenvalue weighted by Gasteiger charge is -2.20. The van der Waals surface area contributed by atoms with Gasteiger partial charge in [-0.05, 0) is 51.4 Å². The van der Waals surface area contributed by atoms with Crippen LogP contribution in [0.2, 0.25) is 0 Å². The number of amides is 1. The maximum atomic E-state index is 12.5. The van der Waals surface area contributed by atoms with Crippen molar-refractivity contribution in [1.82, 2.24) is 5.32 Å². The third-order valence-electron chi connectivity index (χ3n) is 12.4. The van der Waals surface area contributed by atoms with Crippen molar-refractivity contribution < 1.29 is 15.0 Å². The van der Waals surface area contributed by atoms with E-state index in [-0.39, 0.29) is 12.5 Å². The first-order valence-electron chi connectivity index (χ1n) is 26.7. The molecule has 4 heteroatoms. The second kappa shape index (κ2) is 51.0. The molecule has 0 aromatic heterocycles. The van der Waals surface area contributed by atoms with Crippen LogP contribution in [0.25, 0.3) is 0 Å². The number of carbonyl (C=O) groups is 1. The minimum Gasteiger partial charge on any atom is -0.394 e. The highest BCUT2D eigenvalue weighted by atomic mass is 16.3. The number of hydrogen-bond acceptors (Lipinski definition) is 3. The van der Waals surface area contributed by atoms with Crippen LogP contribution in [0.5, 0.6) is 0 Å². The van der Waals surface area contributed by atoms with E-state index in [1.807, 2.05) is 6.08 Å². The fraction of sp³-hybridized carbons (Fsp3) is 0.873. The fourth-order valence-electron chi connectivity index (χ4n) is 8.27. The number of unbranched alkanes of at least 4 members (excludes halogenated alkanes) is 38. The van der Waals surface area contributed by atoms with Gasteiger partial charge in [0.2, 0.25) is 5.91 Å². The molecule has 59 heavy (non-hydrogen) atoms. The van der Waals surface area contributed by atoms with Crippen molar-refractivity contribution in [3.05, 3.63) is 36.5 Å². The second-order valence-corrected chi connectivity index (χ2v) is 18.3. The van der Waals surface area contributed by atoms with Crippen LogP contribution in [0.15, 0.2) is 36.5 Å². The number of rotatable bonds is 49. The van der Waals surface area contributed by atoms with Gasteiger partial charge in [0.1, 0.15) is 0 Å².